The fourth-order valence-corrected chi connectivity index (χ4v) is 8.56. The number of amides is 3. The molecule has 0 bridgehead atoms. The van der Waals surface area contributed by atoms with Crippen LogP contribution >= 0.6 is 11.8 Å². The Hall–Kier alpha value is -3.56. The molecule has 8 nitrogen and oxygen atoms in total. The summed E-state index contributed by atoms with van der Waals surface area (Å²) in [6, 6.07) is 14.9. The summed E-state index contributed by atoms with van der Waals surface area (Å²) in [6.45, 7) is 0.463. The topological polar surface area (TPSA) is 90.4 Å². The second-order valence-electron chi connectivity index (χ2n) is 10.4. The first-order chi connectivity index (χ1) is 18.9. The number of carbonyl (C=O) groups excluding carboxylic acids is 3. The molecular formula is C30H31N3O5S. The summed E-state index contributed by atoms with van der Waals surface area (Å²) in [5, 5.41) is 10.4. The Morgan fingerprint density at radius 2 is 1.74 bits per heavy atom. The molecule has 9 heteroatoms. The smallest absolute Gasteiger partial charge is 0.251 e. The number of aliphatic hydroxyl groups is 1. The number of rotatable bonds is 5. The molecule has 0 aliphatic carbocycles. The maximum Gasteiger partial charge on any atom is 0.251 e. The number of carbonyl (C=O) groups is 3. The highest BCUT2D eigenvalue weighted by atomic mass is 32.2. The molecule has 0 radical (unpaired) electrons. The van der Waals surface area contributed by atoms with E-state index in [0.29, 0.717) is 24.5 Å². The van der Waals surface area contributed by atoms with Crippen LogP contribution in [-0.4, -0.2) is 82.5 Å². The monoisotopic (exact) mass is 545 g/mol. The van der Waals surface area contributed by atoms with E-state index < -0.39 is 28.7 Å². The summed E-state index contributed by atoms with van der Waals surface area (Å²) >= 11 is 1.53. The molecule has 4 aliphatic rings. The van der Waals surface area contributed by atoms with Crippen molar-refractivity contribution in [2.45, 2.75) is 22.1 Å². The van der Waals surface area contributed by atoms with Crippen molar-refractivity contribution in [1.82, 2.24) is 9.80 Å². The van der Waals surface area contributed by atoms with Crippen molar-refractivity contribution in [3.8, 4) is 5.75 Å². The largest absolute Gasteiger partial charge is 0.497 e. The quantitative estimate of drug-likeness (QED) is 0.581. The lowest BCUT2D eigenvalue weighted by Crippen LogP contribution is -2.54. The predicted octanol–water partition coefficient (Wildman–Crippen LogP) is 2.66. The van der Waals surface area contributed by atoms with Gasteiger partial charge in [-0.2, -0.15) is 0 Å². The Kier molecular flexibility index (Phi) is 6.51. The SMILES string of the molecule is COc1ccc(N2CC=C[C@]34S[C@H]5C=CCN(C)C(=O)[C@H]5[C@H]3C(=O)N([C@H](CO)c3ccccc3)C4C2=O)cc1. The number of hydrogen-bond donors (Lipinski definition) is 1. The van der Waals surface area contributed by atoms with E-state index in [4.69, 9.17) is 4.74 Å². The Morgan fingerprint density at radius 3 is 2.44 bits per heavy atom. The zero-order valence-electron chi connectivity index (χ0n) is 21.8. The molecule has 2 aromatic carbocycles. The van der Waals surface area contributed by atoms with Crippen molar-refractivity contribution in [2.75, 3.05) is 38.8 Å². The Labute approximate surface area is 231 Å². The number of nitrogens with zero attached hydrogens (tertiary/aromatic N) is 3. The van der Waals surface area contributed by atoms with Crippen LogP contribution in [0.25, 0.3) is 0 Å². The van der Waals surface area contributed by atoms with Gasteiger partial charge in [0.25, 0.3) is 5.91 Å². The minimum atomic E-state index is -0.953. The first-order valence-corrected chi connectivity index (χ1v) is 14.0. The molecule has 4 heterocycles. The third-order valence-corrected chi connectivity index (χ3v) is 10.1. The van der Waals surface area contributed by atoms with Gasteiger partial charge in [-0.3, -0.25) is 14.4 Å². The molecule has 2 aromatic rings. The summed E-state index contributed by atoms with van der Waals surface area (Å²) < 4.78 is 4.35. The molecule has 3 amide bonds. The van der Waals surface area contributed by atoms with E-state index in [1.54, 1.807) is 41.0 Å². The molecule has 0 aromatic heterocycles. The predicted molar refractivity (Wildman–Crippen MR) is 149 cm³/mol. The van der Waals surface area contributed by atoms with Gasteiger partial charge in [-0.25, -0.2) is 0 Å². The third-order valence-electron chi connectivity index (χ3n) is 8.38. The number of hydrogen-bond acceptors (Lipinski definition) is 6. The van der Waals surface area contributed by atoms with Crippen LogP contribution in [0.4, 0.5) is 5.69 Å². The molecular weight excluding hydrogens is 514 g/mol. The Balaban J connectivity index is 1.50. The first-order valence-electron chi connectivity index (χ1n) is 13.1. The maximum absolute atomic E-state index is 14.6. The number of fused-ring (bicyclic) bond motifs is 2. The Bertz CT molecular complexity index is 1350. The number of benzene rings is 2. The second-order valence-corrected chi connectivity index (χ2v) is 11.9. The highest BCUT2D eigenvalue weighted by Gasteiger charge is 2.71. The average Bonchev–Trinajstić information content (AvgIpc) is 3.28. The number of methoxy groups -OCH3 is 1. The van der Waals surface area contributed by atoms with Gasteiger partial charge in [0.1, 0.15) is 11.8 Å². The molecule has 202 valence electrons. The molecule has 4 aliphatic heterocycles. The van der Waals surface area contributed by atoms with Crippen LogP contribution in [0.1, 0.15) is 11.6 Å². The van der Waals surface area contributed by atoms with Crippen LogP contribution < -0.4 is 9.64 Å². The van der Waals surface area contributed by atoms with E-state index in [0.717, 1.165) is 5.56 Å². The fourth-order valence-electron chi connectivity index (χ4n) is 6.56. The van der Waals surface area contributed by atoms with E-state index in [2.05, 4.69) is 0 Å². The normalized spacial score (nSPS) is 30.5. The minimum absolute atomic E-state index is 0.0920. The van der Waals surface area contributed by atoms with Crippen LogP contribution in [0.2, 0.25) is 0 Å². The number of likely N-dealkylation sites (N-methyl/N-ethyl adjacent to an activating group) is 1. The molecule has 0 saturated carbocycles. The first kappa shape index (κ1) is 25.7. The van der Waals surface area contributed by atoms with E-state index in [-0.39, 0.29) is 29.6 Å². The number of likely N-dealkylation sites (tertiary alicyclic amines) is 1. The van der Waals surface area contributed by atoms with Gasteiger partial charge in [0.2, 0.25) is 11.8 Å². The average molecular weight is 546 g/mol. The van der Waals surface area contributed by atoms with E-state index in [1.165, 1.54) is 11.8 Å². The van der Waals surface area contributed by atoms with Crippen LogP contribution in [0, 0.1) is 11.8 Å². The van der Waals surface area contributed by atoms with Gasteiger partial charge in [0, 0.05) is 31.1 Å². The number of thioether (sulfide) groups is 1. The lowest BCUT2D eigenvalue weighted by Gasteiger charge is -2.38. The fraction of sp³-hybridized carbons (Fsp3) is 0.367. The molecule has 39 heavy (non-hydrogen) atoms. The summed E-state index contributed by atoms with van der Waals surface area (Å²) in [5.74, 6) is -1.25. The van der Waals surface area contributed by atoms with Crippen molar-refractivity contribution in [3.63, 3.8) is 0 Å². The van der Waals surface area contributed by atoms with Crippen molar-refractivity contribution in [1.29, 1.82) is 0 Å². The van der Waals surface area contributed by atoms with Crippen molar-refractivity contribution in [2.24, 2.45) is 11.8 Å². The van der Waals surface area contributed by atoms with Gasteiger partial charge < -0.3 is 24.5 Å². The summed E-state index contributed by atoms with van der Waals surface area (Å²) in [4.78, 5) is 47.6. The van der Waals surface area contributed by atoms with Gasteiger partial charge >= 0.3 is 0 Å². The van der Waals surface area contributed by atoms with E-state index in [1.807, 2.05) is 66.8 Å². The minimum Gasteiger partial charge on any atom is -0.497 e. The zero-order valence-corrected chi connectivity index (χ0v) is 22.7. The maximum atomic E-state index is 14.6. The summed E-state index contributed by atoms with van der Waals surface area (Å²) in [6.07, 6.45) is 7.92. The third kappa shape index (κ3) is 3.90. The molecule has 1 spiro atoms. The standard InChI is InChI=1S/C30H31N3O5S/c1-31-16-6-10-23-24(27(31)35)25-28(36)33(22(18-34)19-8-4-3-5-9-19)26-29(37)32(17-7-15-30(25,26)39-23)20-11-13-21(38-2)14-12-20/h3-15,22-26,34H,16-18H2,1-2H3/t22-,23+,24-,25+,26?,30+/m1/s1. The van der Waals surface area contributed by atoms with E-state index >= 15 is 0 Å². The molecule has 1 unspecified atom stereocenters. The summed E-state index contributed by atoms with van der Waals surface area (Å²) in [7, 11) is 3.34. The number of ether oxygens (including phenoxy) is 1. The lowest BCUT2D eigenvalue weighted by molar-refractivity contribution is -0.144. The number of anilines is 1. The van der Waals surface area contributed by atoms with Gasteiger partial charge in [0.15, 0.2) is 0 Å². The molecule has 1 N–H and O–H groups in total. The molecule has 6 atom stereocenters. The number of aliphatic hydroxyl groups excluding tert-OH is 1. The van der Waals surface area contributed by atoms with Gasteiger partial charge in [-0.1, -0.05) is 54.6 Å². The molecule has 6 rings (SSSR count). The molecule has 2 saturated heterocycles. The van der Waals surface area contributed by atoms with Crippen molar-refractivity contribution < 1.29 is 24.2 Å². The van der Waals surface area contributed by atoms with Crippen molar-refractivity contribution >= 4 is 35.2 Å². The molecule has 2 fully saturated rings. The second kappa shape index (κ2) is 9.88. The van der Waals surface area contributed by atoms with Gasteiger partial charge in [0.05, 0.1) is 36.3 Å². The van der Waals surface area contributed by atoms with E-state index in [9.17, 15) is 19.5 Å². The lowest BCUT2D eigenvalue weighted by atomic mass is 9.78. The van der Waals surface area contributed by atoms with Crippen LogP contribution in [0.3, 0.4) is 0 Å². The highest BCUT2D eigenvalue weighted by molar-refractivity contribution is 8.02. The van der Waals surface area contributed by atoms with Gasteiger partial charge in [-0.05, 0) is 29.8 Å². The van der Waals surface area contributed by atoms with Crippen LogP contribution in [0.5, 0.6) is 5.75 Å². The van der Waals surface area contributed by atoms with Gasteiger partial charge in [-0.15, -0.1) is 11.8 Å². The highest BCUT2D eigenvalue weighted by Crippen LogP contribution is 2.62. The van der Waals surface area contributed by atoms with Crippen LogP contribution in [-0.2, 0) is 14.4 Å². The Morgan fingerprint density at radius 1 is 1.00 bits per heavy atom. The van der Waals surface area contributed by atoms with Crippen LogP contribution in [0.15, 0.2) is 78.9 Å². The zero-order chi connectivity index (χ0) is 27.3. The van der Waals surface area contributed by atoms with Crippen molar-refractivity contribution in [3.05, 3.63) is 84.5 Å². The summed E-state index contributed by atoms with van der Waals surface area (Å²) in [5.41, 5.74) is 1.43.